The molecule has 0 unspecified atom stereocenters. The minimum Gasteiger partial charge on any atom is -0.449 e. The summed E-state index contributed by atoms with van der Waals surface area (Å²) in [6.07, 6.45) is -0.920. The van der Waals surface area contributed by atoms with E-state index in [9.17, 15) is 12.9 Å². The van der Waals surface area contributed by atoms with Crippen LogP contribution < -0.4 is 0 Å². The van der Waals surface area contributed by atoms with E-state index in [1.807, 2.05) is 0 Å². The van der Waals surface area contributed by atoms with Crippen molar-refractivity contribution in [3.63, 3.8) is 0 Å². The molecular formula is C7H5BCl2F3-. The van der Waals surface area contributed by atoms with E-state index < -0.39 is 13.3 Å². The molecule has 0 aromatic heterocycles. The van der Waals surface area contributed by atoms with Crippen LogP contribution >= 0.6 is 23.2 Å². The minimum atomic E-state index is -4.81. The predicted octanol–water partition coefficient (Wildman–Crippen LogP) is 3.92. The molecule has 0 fully saturated rings. The normalized spacial score (nSPS) is 11.8. The van der Waals surface area contributed by atoms with Crippen LogP contribution in [0.15, 0.2) is 18.2 Å². The van der Waals surface area contributed by atoms with Crippen molar-refractivity contribution in [1.29, 1.82) is 0 Å². The summed E-state index contributed by atoms with van der Waals surface area (Å²) in [6.45, 7) is -4.81. The average molecular weight is 228 g/mol. The lowest BCUT2D eigenvalue weighted by Gasteiger charge is -2.13. The molecule has 13 heavy (non-hydrogen) atoms. The molecule has 0 aliphatic carbocycles. The van der Waals surface area contributed by atoms with Gasteiger partial charge in [-0.05, 0) is 12.1 Å². The number of benzene rings is 1. The van der Waals surface area contributed by atoms with Gasteiger partial charge in [-0.15, -0.1) is 0 Å². The largest absolute Gasteiger partial charge is 0.482 e. The molecule has 0 aliphatic rings. The molecule has 0 nitrogen and oxygen atoms in total. The van der Waals surface area contributed by atoms with Crippen LogP contribution in [0.5, 0.6) is 0 Å². The lowest BCUT2D eigenvalue weighted by atomic mass is 9.82. The molecule has 1 rings (SSSR count). The van der Waals surface area contributed by atoms with Gasteiger partial charge in [0, 0.05) is 0 Å². The van der Waals surface area contributed by atoms with Crippen LogP contribution in [0.3, 0.4) is 0 Å². The molecule has 0 heterocycles. The third-order valence-electron chi connectivity index (χ3n) is 1.45. The smallest absolute Gasteiger partial charge is 0.449 e. The first-order valence-corrected chi connectivity index (χ1v) is 4.29. The Kier molecular flexibility index (Phi) is 3.14. The molecule has 1 aromatic carbocycles. The van der Waals surface area contributed by atoms with Crippen LogP contribution in [0.2, 0.25) is 10.0 Å². The maximum absolute atomic E-state index is 12.0. The monoisotopic (exact) mass is 227 g/mol. The first-order valence-electron chi connectivity index (χ1n) is 3.53. The molecule has 0 saturated heterocycles. The summed E-state index contributed by atoms with van der Waals surface area (Å²) in [5.74, 6) is 0. The zero-order valence-corrected chi connectivity index (χ0v) is 7.92. The number of hydrogen-bond donors (Lipinski definition) is 0. The van der Waals surface area contributed by atoms with Gasteiger partial charge in [-0.3, -0.25) is 0 Å². The Morgan fingerprint density at radius 3 is 2.15 bits per heavy atom. The van der Waals surface area contributed by atoms with E-state index in [1.165, 1.54) is 18.2 Å². The molecular weight excluding hydrogens is 223 g/mol. The van der Waals surface area contributed by atoms with Gasteiger partial charge >= 0.3 is 6.98 Å². The maximum Gasteiger partial charge on any atom is 0.482 e. The van der Waals surface area contributed by atoms with Crippen LogP contribution in [0.4, 0.5) is 12.9 Å². The topological polar surface area (TPSA) is 0 Å². The Morgan fingerprint density at radius 2 is 1.69 bits per heavy atom. The molecule has 0 N–H and O–H groups in total. The van der Waals surface area contributed by atoms with Crippen molar-refractivity contribution < 1.29 is 12.9 Å². The van der Waals surface area contributed by atoms with E-state index in [4.69, 9.17) is 23.2 Å². The van der Waals surface area contributed by atoms with E-state index in [0.717, 1.165) is 0 Å². The minimum absolute atomic E-state index is 0.141. The molecule has 6 heteroatoms. The lowest BCUT2D eigenvalue weighted by Crippen LogP contribution is -2.19. The Balaban J connectivity index is 2.86. The van der Waals surface area contributed by atoms with Crippen molar-refractivity contribution in [2.24, 2.45) is 0 Å². The van der Waals surface area contributed by atoms with Crippen molar-refractivity contribution in [1.82, 2.24) is 0 Å². The second-order valence-electron chi connectivity index (χ2n) is 2.66. The zero-order valence-electron chi connectivity index (χ0n) is 6.41. The SMILES string of the molecule is F[B-](F)(F)Cc1ccc(Cl)c(Cl)c1. The zero-order chi connectivity index (χ0) is 10.1. The number of halogens is 5. The molecule has 0 bridgehead atoms. The average Bonchev–Trinajstić information content (AvgIpc) is 1.94. The second kappa shape index (κ2) is 3.80. The van der Waals surface area contributed by atoms with Gasteiger partial charge in [0.1, 0.15) is 0 Å². The highest BCUT2D eigenvalue weighted by atomic mass is 35.5. The fourth-order valence-electron chi connectivity index (χ4n) is 0.934. The van der Waals surface area contributed by atoms with E-state index in [0.29, 0.717) is 0 Å². The second-order valence-corrected chi connectivity index (χ2v) is 3.48. The Labute approximate surface area is 83.7 Å². The van der Waals surface area contributed by atoms with Crippen molar-refractivity contribution >= 4 is 30.2 Å². The highest BCUT2D eigenvalue weighted by Gasteiger charge is 2.23. The van der Waals surface area contributed by atoms with Gasteiger partial charge < -0.3 is 12.9 Å². The van der Waals surface area contributed by atoms with Gasteiger partial charge in [0.2, 0.25) is 0 Å². The third-order valence-corrected chi connectivity index (χ3v) is 2.19. The molecule has 0 amide bonds. The van der Waals surface area contributed by atoms with Crippen molar-refractivity contribution in [2.75, 3.05) is 0 Å². The van der Waals surface area contributed by atoms with E-state index in [-0.39, 0.29) is 15.6 Å². The van der Waals surface area contributed by atoms with Crippen molar-refractivity contribution in [2.45, 2.75) is 6.32 Å². The van der Waals surface area contributed by atoms with E-state index >= 15 is 0 Å². The summed E-state index contributed by atoms with van der Waals surface area (Å²) >= 11 is 11.1. The van der Waals surface area contributed by atoms with Gasteiger partial charge in [-0.1, -0.05) is 41.2 Å². The van der Waals surface area contributed by atoms with Gasteiger partial charge in [0.25, 0.3) is 0 Å². The Hall–Kier alpha value is -0.345. The highest BCUT2D eigenvalue weighted by molar-refractivity contribution is 6.57. The summed E-state index contributed by atoms with van der Waals surface area (Å²) in [6, 6.07) is 3.92. The summed E-state index contributed by atoms with van der Waals surface area (Å²) < 4.78 is 35.9. The summed E-state index contributed by atoms with van der Waals surface area (Å²) in [7, 11) is 0. The van der Waals surface area contributed by atoms with Crippen LogP contribution in [-0.4, -0.2) is 6.98 Å². The van der Waals surface area contributed by atoms with Crippen LogP contribution in [0, 0.1) is 0 Å². The Bertz CT molecular complexity index is 311. The summed E-state index contributed by atoms with van der Waals surface area (Å²) in [4.78, 5) is 0. The fourth-order valence-corrected chi connectivity index (χ4v) is 1.25. The first-order chi connectivity index (χ1) is 5.88. The molecule has 0 radical (unpaired) electrons. The van der Waals surface area contributed by atoms with Crippen molar-refractivity contribution in [3.05, 3.63) is 33.8 Å². The van der Waals surface area contributed by atoms with Gasteiger partial charge in [0.05, 0.1) is 10.0 Å². The van der Waals surface area contributed by atoms with E-state index in [2.05, 4.69) is 0 Å². The molecule has 0 atom stereocenters. The van der Waals surface area contributed by atoms with Gasteiger partial charge in [0.15, 0.2) is 0 Å². The summed E-state index contributed by atoms with van der Waals surface area (Å²) in [5.41, 5.74) is 0.141. The molecule has 1 aromatic rings. The van der Waals surface area contributed by atoms with Crippen LogP contribution in [0.1, 0.15) is 5.56 Å². The molecule has 72 valence electrons. The highest BCUT2D eigenvalue weighted by Crippen LogP contribution is 2.25. The van der Waals surface area contributed by atoms with Crippen LogP contribution in [-0.2, 0) is 6.32 Å². The fraction of sp³-hybridized carbons (Fsp3) is 0.143. The summed E-state index contributed by atoms with van der Waals surface area (Å²) in [5, 5.41) is 0.416. The van der Waals surface area contributed by atoms with Gasteiger partial charge in [-0.25, -0.2) is 0 Å². The Morgan fingerprint density at radius 1 is 1.08 bits per heavy atom. The number of hydrogen-bond acceptors (Lipinski definition) is 0. The molecule has 0 spiro atoms. The standard InChI is InChI=1S/C7H5BCl2F3/c9-6-2-1-5(3-7(6)10)4-8(11,12)13/h1-3H,4H2/q-1. The van der Waals surface area contributed by atoms with Crippen molar-refractivity contribution in [3.8, 4) is 0 Å². The maximum atomic E-state index is 12.0. The number of rotatable bonds is 2. The third kappa shape index (κ3) is 3.49. The first kappa shape index (κ1) is 10.7. The molecule has 0 saturated carbocycles. The predicted molar refractivity (Wildman–Crippen MR) is 49.2 cm³/mol. The quantitative estimate of drug-likeness (QED) is 0.672. The van der Waals surface area contributed by atoms with Crippen LogP contribution in [0.25, 0.3) is 0 Å². The lowest BCUT2D eigenvalue weighted by molar-refractivity contribution is 0.468. The van der Waals surface area contributed by atoms with E-state index in [1.54, 1.807) is 0 Å². The molecule has 0 aliphatic heterocycles. The van der Waals surface area contributed by atoms with Gasteiger partial charge in [-0.2, -0.15) is 0 Å².